The molecule has 1 amide bonds. The lowest BCUT2D eigenvalue weighted by Gasteiger charge is -2.40. The first-order valence-corrected chi connectivity index (χ1v) is 9.73. The molecular weight excluding hydrogens is 308 g/mol. The maximum Gasteiger partial charge on any atom is 0.239 e. The van der Waals surface area contributed by atoms with Gasteiger partial charge in [0.2, 0.25) is 5.91 Å². The van der Waals surface area contributed by atoms with Crippen LogP contribution in [-0.2, 0) is 14.6 Å². The lowest BCUT2D eigenvalue weighted by molar-refractivity contribution is -0.122. The molecule has 120 valence electrons. The number of thiocarbonyl (C=S) groups is 1. The Kier molecular flexibility index (Phi) is 4.92. The molecular formula is C14H24N2O3S2. The van der Waals surface area contributed by atoms with Crippen LogP contribution in [0.2, 0.25) is 0 Å². The highest BCUT2D eigenvalue weighted by atomic mass is 32.2. The van der Waals surface area contributed by atoms with Crippen molar-refractivity contribution >= 4 is 33.0 Å². The minimum Gasteiger partial charge on any atom is -0.391 e. The average Bonchev–Trinajstić information content (AvgIpc) is 2.40. The number of rotatable bonds is 3. The van der Waals surface area contributed by atoms with Crippen LogP contribution in [0, 0.1) is 5.92 Å². The molecule has 0 aromatic carbocycles. The van der Waals surface area contributed by atoms with E-state index in [9.17, 15) is 13.2 Å². The first-order valence-electron chi connectivity index (χ1n) is 7.60. The Bertz CT molecular complexity index is 522. The van der Waals surface area contributed by atoms with Crippen molar-refractivity contribution < 1.29 is 13.2 Å². The summed E-state index contributed by atoms with van der Waals surface area (Å²) in [6.07, 6.45) is 5.09. The number of hydrogen-bond donors (Lipinski definition) is 2. The Balaban J connectivity index is 2.14. The first kappa shape index (κ1) is 16.7. The third kappa shape index (κ3) is 3.56. The standard InChI is InChI=1S/C14H24N2O3S2/c1-10-5-7-14(8-6-10,13(15)20)16-12(17)11-4-2-3-9-21(11,18)19/h10-11H,2-9H2,1H3,(H2,15,20)(H,16,17). The van der Waals surface area contributed by atoms with Gasteiger partial charge < -0.3 is 11.1 Å². The molecule has 1 atom stereocenters. The highest BCUT2D eigenvalue weighted by Crippen LogP contribution is 2.33. The van der Waals surface area contributed by atoms with Gasteiger partial charge in [-0.15, -0.1) is 0 Å². The van der Waals surface area contributed by atoms with Crippen LogP contribution in [0.4, 0.5) is 0 Å². The van der Waals surface area contributed by atoms with Crippen LogP contribution in [0.15, 0.2) is 0 Å². The van der Waals surface area contributed by atoms with Crippen molar-refractivity contribution in [2.75, 3.05) is 5.75 Å². The lowest BCUT2D eigenvalue weighted by Crippen LogP contribution is -2.61. The Morgan fingerprint density at radius 2 is 1.86 bits per heavy atom. The molecule has 1 saturated heterocycles. The molecule has 1 aliphatic heterocycles. The van der Waals surface area contributed by atoms with Gasteiger partial charge >= 0.3 is 0 Å². The maximum absolute atomic E-state index is 12.5. The van der Waals surface area contributed by atoms with E-state index in [0.29, 0.717) is 31.6 Å². The summed E-state index contributed by atoms with van der Waals surface area (Å²) in [6, 6.07) is 0. The fourth-order valence-corrected chi connectivity index (χ4v) is 5.31. The summed E-state index contributed by atoms with van der Waals surface area (Å²) in [5.74, 6) is 0.266. The quantitative estimate of drug-likeness (QED) is 0.761. The van der Waals surface area contributed by atoms with E-state index < -0.39 is 26.5 Å². The molecule has 5 nitrogen and oxygen atoms in total. The van der Waals surface area contributed by atoms with Crippen LogP contribution in [-0.4, -0.2) is 35.9 Å². The van der Waals surface area contributed by atoms with E-state index in [0.717, 1.165) is 19.3 Å². The van der Waals surface area contributed by atoms with Gasteiger partial charge in [0, 0.05) is 0 Å². The van der Waals surface area contributed by atoms with Gasteiger partial charge in [-0.05, 0) is 44.4 Å². The Labute approximate surface area is 132 Å². The summed E-state index contributed by atoms with van der Waals surface area (Å²) in [7, 11) is -3.33. The molecule has 21 heavy (non-hydrogen) atoms. The van der Waals surface area contributed by atoms with Gasteiger partial charge in [0.15, 0.2) is 9.84 Å². The summed E-state index contributed by atoms with van der Waals surface area (Å²) < 4.78 is 24.1. The Morgan fingerprint density at radius 1 is 1.24 bits per heavy atom. The summed E-state index contributed by atoms with van der Waals surface area (Å²) in [6.45, 7) is 2.16. The fraction of sp³-hybridized carbons (Fsp3) is 0.857. The van der Waals surface area contributed by atoms with Gasteiger partial charge in [0.25, 0.3) is 0 Å². The number of carbonyl (C=O) groups excluding carboxylic acids is 1. The van der Waals surface area contributed by atoms with Crippen LogP contribution in [0.5, 0.6) is 0 Å². The number of amides is 1. The van der Waals surface area contributed by atoms with E-state index in [1.807, 2.05) is 0 Å². The van der Waals surface area contributed by atoms with Crippen LogP contribution in [0.25, 0.3) is 0 Å². The fourth-order valence-electron chi connectivity index (χ4n) is 3.25. The number of sulfone groups is 1. The van der Waals surface area contributed by atoms with Gasteiger partial charge in [-0.3, -0.25) is 4.79 Å². The van der Waals surface area contributed by atoms with Crippen molar-refractivity contribution in [1.29, 1.82) is 0 Å². The summed E-state index contributed by atoms with van der Waals surface area (Å²) in [5, 5.41) is 1.96. The smallest absolute Gasteiger partial charge is 0.239 e. The largest absolute Gasteiger partial charge is 0.391 e. The summed E-state index contributed by atoms with van der Waals surface area (Å²) in [4.78, 5) is 12.7. The minimum absolute atomic E-state index is 0.0994. The van der Waals surface area contributed by atoms with Crippen molar-refractivity contribution in [1.82, 2.24) is 5.32 Å². The number of nitrogens with two attached hydrogens (primary N) is 1. The minimum atomic E-state index is -3.33. The number of nitrogens with one attached hydrogen (secondary N) is 1. The van der Waals surface area contributed by atoms with E-state index in [1.54, 1.807) is 0 Å². The highest BCUT2D eigenvalue weighted by molar-refractivity contribution is 7.92. The van der Waals surface area contributed by atoms with E-state index >= 15 is 0 Å². The molecule has 7 heteroatoms. The average molecular weight is 332 g/mol. The van der Waals surface area contributed by atoms with Gasteiger partial charge in [0.1, 0.15) is 5.25 Å². The van der Waals surface area contributed by atoms with E-state index in [4.69, 9.17) is 18.0 Å². The molecule has 1 aliphatic carbocycles. The SMILES string of the molecule is CC1CCC(NC(=O)C2CCCCS2(=O)=O)(C(N)=S)CC1. The predicted molar refractivity (Wildman–Crippen MR) is 86.7 cm³/mol. The van der Waals surface area contributed by atoms with Gasteiger partial charge in [0.05, 0.1) is 16.3 Å². The zero-order chi connectivity index (χ0) is 15.7. The van der Waals surface area contributed by atoms with E-state index in [2.05, 4.69) is 12.2 Å². The molecule has 2 fully saturated rings. The molecule has 0 aromatic heterocycles. The van der Waals surface area contributed by atoms with Gasteiger partial charge in [-0.25, -0.2) is 8.42 Å². The topological polar surface area (TPSA) is 89.3 Å². The Hall–Kier alpha value is -0.690. The molecule has 1 heterocycles. The highest BCUT2D eigenvalue weighted by Gasteiger charge is 2.42. The van der Waals surface area contributed by atoms with Crippen molar-refractivity contribution in [3.63, 3.8) is 0 Å². The molecule has 3 N–H and O–H groups in total. The zero-order valence-corrected chi connectivity index (χ0v) is 14.1. The van der Waals surface area contributed by atoms with Crippen LogP contribution >= 0.6 is 12.2 Å². The normalized spacial score (nSPS) is 35.9. The lowest BCUT2D eigenvalue weighted by atomic mass is 9.77. The third-order valence-electron chi connectivity index (χ3n) is 4.83. The predicted octanol–water partition coefficient (Wildman–Crippen LogP) is 1.30. The van der Waals surface area contributed by atoms with Crippen LogP contribution in [0.3, 0.4) is 0 Å². The number of carbonyl (C=O) groups is 1. The summed E-state index contributed by atoms with van der Waals surface area (Å²) in [5.41, 5.74) is 5.16. The summed E-state index contributed by atoms with van der Waals surface area (Å²) >= 11 is 5.16. The van der Waals surface area contributed by atoms with Crippen LogP contribution < -0.4 is 11.1 Å². The second-order valence-electron chi connectivity index (χ2n) is 6.47. The van der Waals surface area contributed by atoms with Gasteiger partial charge in [-0.1, -0.05) is 25.6 Å². The second kappa shape index (κ2) is 6.20. The molecule has 0 aromatic rings. The molecule has 0 radical (unpaired) electrons. The van der Waals surface area contributed by atoms with E-state index in [1.165, 1.54) is 0 Å². The van der Waals surface area contributed by atoms with Crippen molar-refractivity contribution in [3.05, 3.63) is 0 Å². The third-order valence-corrected chi connectivity index (χ3v) is 7.40. The maximum atomic E-state index is 12.5. The monoisotopic (exact) mass is 332 g/mol. The first-order chi connectivity index (χ1) is 9.77. The molecule has 0 spiro atoms. The molecule has 0 bridgehead atoms. The van der Waals surface area contributed by atoms with Crippen molar-refractivity contribution in [2.45, 2.75) is 62.7 Å². The van der Waals surface area contributed by atoms with Gasteiger partial charge in [-0.2, -0.15) is 0 Å². The molecule has 2 aliphatic rings. The number of hydrogen-bond acceptors (Lipinski definition) is 4. The van der Waals surface area contributed by atoms with Crippen molar-refractivity contribution in [3.8, 4) is 0 Å². The van der Waals surface area contributed by atoms with E-state index in [-0.39, 0.29) is 10.7 Å². The Morgan fingerprint density at radius 3 is 2.38 bits per heavy atom. The van der Waals surface area contributed by atoms with Crippen molar-refractivity contribution in [2.24, 2.45) is 11.7 Å². The zero-order valence-electron chi connectivity index (χ0n) is 12.4. The second-order valence-corrected chi connectivity index (χ2v) is 9.21. The molecule has 2 rings (SSSR count). The molecule has 1 unspecified atom stereocenters. The van der Waals surface area contributed by atoms with Crippen LogP contribution in [0.1, 0.15) is 51.9 Å². The molecule has 1 saturated carbocycles.